The van der Waals surface area contributed by atoms with E-state index >= 15 is 0 Å². The van der Waals surface area contributed by atoms with Gasteiger partial charge in [0.25, 0.3) is 5.91 Å². The van der Waals surface area contributed by atoms with E-state index < -0.39 is 0 Å². The summed E-state index contributed by atoms with van der Waals surface area (Å²) in [6.07, 6.45) is 0.544. The van der Waals surface area contributed by atoms with E-state index in [1.807, 2.05) is 0 Å². The molecular weight excluding hydrogens is 210 g/mol. The molecule has 1 aromatic rings. The van der Waals surface area contributed by atoms with Crippen molar-refractivity contribution in [2.75, 3.05) is 19.7 Å². The molecule has 86 valence electrons. The fraction of sp³-hybridized carbons (Fsp3) is 0.600. The Morgan fingerprint density at radius 2 is 2.38 bits per heavy atom. The Morgan fingerprint density at radius 3 is 3.06 bits per heavy atom. The number of rotatable bonds is 1. The average molecular weight is 223 g/mol. The van der Waals surface area contributed by atoms with Crippen LogP contribution in [-0.2, 0) is 6.54 Å². The van der Waals surface area contributed by atoms with Crippen LogP contribution in [0.25, 0.3) is 0 Å². The maximum absolute atomic E-state index is 11.9. The Labute approximate surface area is 92.4 Å². The van der Waals surface area contributed by atoms with Gasteiger partial charge >= 0.3 is 0 Å². The predicted octanol–water partition coefficient (Wildman–Crippen LogP) is -0.518. The SMILES string of the molecule is O=C(c1cc2n(n1)CCCO2)N1CC(O)C1. The van der Waals surface area contributed by atoms with Gasteiger partial charge in [-0.25, -0.2) is 4.68 Å². The smallest absolute Gasteiger partial charge is 0.274 e. The average Bonchev–Trinajstić information content (AvgIpc) is 2.67. The van der Waals surface area contributed by atoms with Crippen LogP contribution in [0, 0.1) is 0 Å². The third-order valence-electron chi connectivity index (χ3n) is 2.88. The highest BCUT2D eigenvalue weighted by Gasteiger charge is 2.31. The van der Waals surface area contributed by atoms with Gasteiger partial charge in [0, 0.05) is 32.1 Å². The molecule has 0 radical (unpaired) electrons. The molecule has 0 aliphatic carbocycles. The van der Waals surface area contributed by atoms with Gasteiger partial charge in [-0.3, -0.25) is 4.79 Å². The molecule has 3 heterocycles. The summed E-state index contributed by atoms with van der Waals surface area (Å²) < 4.78 is 7.10. The van der Waals surface area contributed by atoms with E-state index in [9.17, 15) is 4.79 Å². The number of carbonyl (C=O) groups excluding carboxylic acids is 1. The molecule has 0 atom stereocenters. The standard InChI is InChI=1S/C10H13N3O3/c14-7-5-12(6-7)10(15)8-4-9-13(11-8)2-1-3-16-9/h4,7,14H,1-3,5-6H2. The third kappa shape index (κ3) is 1.46. The van der Waals surface area contributed by atoms with Crippen molar-refractivity contribution in [3.05, 3.63) is 11.8 Å². The topological polar surface area (TPSA) is 67.6 Å². The van der Waals surface area contributed by atoms with Gasteiger partial charge in [-0.15, -0.1) is 0 Å². The highest BCUT2D eigenvalue weighted by molar-refractivity contribution is 5.93. The van der Waals surface area contributed by atoms with Crippen LogP contribution in [0.1, 0.15) is 16.9 Å². The number of β-amino-alcohol motifs (C(OH)–C–C–N with tert-alkyl or cyclic N) is 1. The number of ether oxygens (including phenoxy) is 1. The highest BCUT2D eigenvalue weighted by Crippen LogP contribution is 2.20. The molecule has 16 heavy (non-hydrogen) atoms. The maximum atomic E-state index is 11.9. The molecule has 6 nitrogen and oxygen atoms in total. The van der Waals surface area contributed by atoms with Crippen molar-refractivity contribution in [1.29, 1.82) is 0 Å². The first-order valence-corrected chi connectivity index (χ1v) is 5.42. The highest BCUT2D eigenvalue weighted by atomic mass is 16.5. The first kappa shape index (κ1) is 9.65. The molecule has 1 saturated heterocycles. The van der Waals surface area contributed by atoms with E-state index in [-0.39, 0.29) is 12.0 Å². The fourth-order valence-corrected chi connectivity index (χ4v) is 1.95. The minimum atomic E-state index is -0.377. The van der Waals surface area contributed by atoms with Gasteiger partial charge in [-0.2, -0.15) is 5.10 Å². The number of hydrogen-bond donors (Lipinski definition) is 1. The summed E-state index contributed by atoms with van der Waals surface area (Å²) in [5.74, 6) is 0.534. The Hall–Kier alpha value is -1.56. The number of nitrogens with zero attached hydrogens (tertiary/aromatic N) is 3. The lowest BCUT2D eigenvalue weighted by Gasteiger charge is -2.35. The second-order valence-electron chi connectivity index (χ2n) is 4.16. The second kappa shape index (κ2) is 3.48. The van der Waals surface area contributed by atoms with Crippen molar-refractivity contribution in [2.24, 2.45) is 0 Å². The molecule has 0 spiro atoms. The van der Waals surface area contributed by atoms with Gasteiger partial charge < -0.3 is 14.7 Å². The molecule has 0 saturated carbocycles. The maximum Gasteiger partial charge on any atom is 0.274 e. The lowest BCUT2D eigenvalue weighted by molar-refractivity contribution is 0.00545. The Kier molecular flexibility index (Phi) is 2.10. The van der Waals surface area contributed by atoms with Crippen molar-refractivity contribution >= 4 is 5.91 Å². The fourth-order valence-electron chi connectivity index (χ4n) is 1.95. The van der Waals surface area contributed by atoms with Crippen molar-refractivity contribution in [3.63, 3.8) is 0 Å². The molecule has 6 heteroatoms. The van der Waals surface area contributed by atoms with E-state index in [0.29, 0.717) is 31.3 Å². The quantitative estimate of drug-likeness (QED) is 0.695. The van der Waals surface area contributed by atoms with E-state index in [0.717, 1.165) is 13.0 Å². The molecule has 1 amide bonds. The van der Waals surface area contributed by atoms with Crippen LogP contribution in [0.5, 0.6) is 5.88 Å². The summed E-state index contributed by atoms with van der Waals surface area (Å²) >= 11 is 0. The number of amides is 1. The normalized spacial score (nSPS) is 19.9. The lowest BCUT2D eigenvalue weighted by Crippen LogP contribution is -2.53. The first-order valence-electron chi connectivity index (χ1n) is 5.42. The van der Waals surface area contributed by atoms with Gasteiger partial charge in [0.2, 0.25) is 5.88 Å². The number of likely N-dealkylation sites (tertiary alicyclic amines) is 1. The van der Waals surface area contributed by atoms with Crippen LogP contribution in [-0.4, -0.2) is 51.5 Å². The minimum absolute atomic E-state index is 0.129. The third-order valence-corrected chi connectivity index (χ3v) is 2.88. The Bertz CT molecular complexity index is 399. The largest absolute Gasteiger partial charge is 0.478 e. The van der Waals surface area contributed by atoms with Crippen LogP contribution in [0.4, 0.5) is 0 Å². The number of aryl methyl sites for hydroxylation is 1. The van der Waals surface area contributed by atoms with Crippen LogP contribution >= 0.6 is 0 Å². The zero-order chi connectivity index (χ0) is 11.1. The van der Waals surface area contributed by atoms with E-state index in [4.69, 9.17) is 9.84 Å². The molecule has 1 N–H and O–H groups in total. The molecule has 0 unspecified atom stereocenters. The predicted molar refractivity (Wildman–Crippen MR) is 54.2 cm³/mol. The van der Waals surface area contributed by atoms with Crippen molar-refractivity contribution < 1.29 is 14.6 Å². The van der Waals surface area contributed by atoms with E-state index in [1.54, 1.807) is 15.6 Å². The number of carbonyl (C=O) groups is 1. The molecule has 2 aliphatic rings. The summed E-state index contributed by atoms with van der Waals surface area (Å²) in [5, 5.41) is 13.3. The summed E-state index contributed by atoms with van der Waals surface area (Å²) in [6.45, 7) is 2.29. The number of aliphatic hydroxyl groups is 1. The summed E-state index contributed by atoms with van der Waals surface area (Å²) in [4.78, 5) is 13.5. The monoisotopic (exact) mass is 223 g/mol. The number of hydrogen-bond acceptors (Lipinski definition) is 4. The molecule has 3 rings (SSSR count). The minimum Gasteiger partial charge on any atom is -0.478 e. The molecule has 0 bridgehead atoms. The first-order chi connectivity index (χ1) is 7.74. The summed E-state index contributed by atoms with van der Waals surface area (Å²) in [5.41, 5.74) is 0.406. The van der Waals surface area contributed by atoms with Gasteiger partial charge in [0.15, 0.2) is 5.69 Å². The lowest BCUT2D eigenvalue weighted by atomic mass is 10.1. The molecule has 2 aliphatic heterocycles. The van der Waals surface area contributed by atoms with Crippen LogP contribution < -0.4 is 4.74 Å². The van der Waals surface area contributed by atoms with Crippen LogP contribution in [0.3, 0.4) is 0 Å². The van der Waals surface area contributed by atoms with Crippen molar-refractivity contribution in [3.8, 4) is 5.88 Å². The molecule has 1 fully saturated rings. The van der Waals surface area contributed by atoms with Gasteiger partial charge in [-0.1, -0.05) is 0 Å². The van der Waals surface area contributed by atoms with E-state index in [2.05, 4.69) is 5.10 Å². The molecule has 0 aromatic carbocycles. The van der Waals surface area contributed by atoms with Crippen molar-refractivity contribution in [1.82, 2.24) is 14.7 Å². The summed E-state index contributed by atoms with van der Waals surface area (Å²) in [7, 11) is 0. The van der Waals surface area contributed by atoms with Gasteiger partial charge in [-0.05, 0) is 0 Å². The van der Waals surface area contributed by atoms with Gasteiger partial charge in [0.05, 0.1) is 12.7 Å². The van der Waals surface area contributed by atoms with Crippen LogP contribution in [0.15, 0.2) is 6.07 Å². The second-order valence-corrected chi connectivity index (χ2v) is 4.16. The molecular formula is C10H13N3O3. The Morgan fingerprint density at radius 1 is 1.56 bits per heavy atom. The van der Waals surface area contributed by atoms with Crippen LogP contribution in [0.2, 0.25) is 0 Å². The number of aromatic nitrogens is 2. The zero-order valence-corrected chi connectivity index (χ0v) is 8.80. The van der Waals surface area contributed by atoms with Gasteiger partial charge in [0.1, 0.15) is 0 Å². The Balaban J connectivity index is 1.79. The van der Waals surface area contributed by atoms with E-state index in [1.165, 1.54) is 0 Å². The number of fused-ring (bicyclic) bond motifs is 1. The zero-order valence-electron chi connectivity index (χ0n) is 8.80. The summed E-state index contributed by atoms with van der Waals surface area (Å²) in [6, 6.07) is 1.67. The number of aliphatic hydroxyl groups excluding tert-OH is 1. The van der Waals surface area contributed by atoms with Crippen molar-refractivity contribution in [2.45, 2.75) is 19.1 Å². The molecule has 1 aromatic heterocycles.